The van der Waals surface area contributed by atoms with Crippen molar-refractivity contribution in [3.63, 3.8) is 0 Å². The molecule has 7 heteroatoms. The number of ether oxygens (including phenoxy) is 2. The molecule has 0 atom stereocenters. The Bertz CT molecular complexity index is 1160. The van der Waals surface area contributed by atoms with Gasteiger partial charge in [-0.3, -0.25) is 4.79 Å². The molecule has 2 aromatic carbocycles. The summed E-state index contributed by atoms with van der Waals surface area (Å²) in [7, 11) is 1.64. The lowest BCUT2D eigenvalue weighted by molar-refractivity contribution is -0.131. The smallest absolute Gasteiger partial charge is 0.229 e. The first kappa shape index (κ1) is 23.1. The number of nitrogens with zero attached hydrogens (tertiary/aromatic N) is 4. The summed E-state index contributed by atoms with van der Waals surface area (Å²) in [5.41, 5.74) is 2.88. The average Bonchev–Trinajstić information content (AvgIpc) is 2.90. The van der Waals surface area contributed by atoms with E-state index in [4.69, 9.17) is 19.4 Å². The van der Waals surface area contributed by atoms with Crippen molar-refractivity contribution in [1.82, 2.24) is 14.9 Å². The Morgan fingerprint density at radius 3 is 2.40 bits per heavy atom. The standard InChI is InChI=1S/C28H32N4O3/c1-20-12-15-31(16-13-20)28-29-25-14-17-32(26(33)18-21-6-4-3-5-7-21)19-24(25)27(30-28)35-23-10-8-22(34-2)9-11-23/h3-11,20H,12-19H2,1-2H3. The zero-order valence-corrected chi connectivity index (χ0v) is 20.4. The van der Waals surface area contributed by atoms with Gasteiger partial charge in [-0.05, 0) is 48.6 Å². The van der Waals surface area contributed by atoms with Crippen molar-refractivity contribution >= 4 is 11.9 Å². The van der Waals surface area contributed by atoms with Crippen molar-refractivity contribution in [1.29, 1.82) is 0 Å². The lowest BCUT2D eigenvalue weighted by atomic mass is 9.99. The van der Waals surface area contributed by atoms with Crippen LogP contribution in [0.5, 0.6) is 17.4 Å². The molecule has 0 bridgehead atoms. The summed E-state index contributed by atoms with van der Waals surface area (Å²) >= 11 is 0. The summed E-state index contributed by atoms with van der Waals surface area (Å²) in [6.07, 6.45) is 3.35. The number of aromatic nitrogens is 2. The Morgan fingerprint density at radius 2 is 1.69 bits per heavy atom. The number of hydrogen-bond acceptors (Lipinski definition) is 6. The first-order chi connectivity index (χ1) is 17.1. The maximum Gasteiger partial charge on any atom is 0.229 e. The van der Waals surface area contributed by atoms with Gasteiger partial charge in [0.2, 0.25) is 17.7 Å². The molecule has 1 aromatic heterocycles. The van der Waals surface area contributed by atoms with E-state index < -0.39 is 0 Å². The van der Waals surface area contributed by atoms with Crippen molar-refractivity contribution in [3.8, 4) is 17.4 Å². The minimum atomic E-state index is 0.103. The lowest BCUT2D eigenvalue weighted by Gasteiger charge is -2.33. The molecule has 2 aliphatic rings. The number of benzene rings is 2. The summed E-state index contributed by atoms with van der Waals surface area (Å²) in [5, 5.41) is 0. The Hall–Kier alpha value is -3.61. The normalized spacial score (nSPS) is 16.1. The molecule has 0 radical (unpaired) electrons. The van der Waals surface area contributed by atoms with E-state index in [0.29, 0.717) is 37.6 Å². The van der Waals surface area contributed by atoms with Crippen molar-refractivity contribution in [2.24, 2.45) is 5.92 Å². The quantitative estimate of drug-likeness (QED) is 0.521. The number of piperidine rings is 1. The summed E-state index contributed by atoms with van der Waals surface area (Å²) in [6.45, 7) is 5.29. The predicted molar refractivity (Wildman–Crippen MR) is 135 cm³/mol. The predicted octanol–water partition coefficient (Wildman–Crippen LogP) is 4.64. The van der Waals surface area contributed by atoms with Crippen LogP contribution in [-0.4, -0.2) is 47.5 Å². The highest BCUT2D eigenvalue weighted by Gasteiger charge is 2.28. The molecule has 0 N–H and O–H groups in total. The number of amides is 1. The molecule has 0 aliphatic carbocycles. The summed E-state index contributed by atoms with van der Waals surface area (Å²) < 4.78 is 11.6. The van der Waals surface area contributed by atoms with E-state index in [9.17, 15) is 4.79 Å². The molecule has 7 nitrogen and oxygen atoms in total. The minimum absolute atomic E-state index is 0.103. The SMILES string of the molecule is COc1ccc(Oc2nc(N3CCC(C)CC3)nc3c2CN(C(=O)Cc2ccccc2)CC3)cc1. The van der Waals surface area contributed by atoms with Gasteiger partial charge in [0.25, 0.3) is 0 Å². The fourth-order valence-corrected chi connectivity index (χ4v) is 4.66. The zero-order chi connectivity index (χ0) is 24.2. The molecular formula is C28H32N4O3. The molecule has 0 spiro atoms. The molecule has 182 valence electrons. The summed E-state index contributed by atoms with van der Waals surface area (Å²) in [4.78, 5) is 27.1. The van der Waals surface area contributed by atoms with Crippen LogP contribution in [0, 0.1) is 5.92 Å². The van der Waals surface area contributed by atoms with Gasteiger partial charge in [-0.15, -0.1) is 0 Å². The fourth-order valence-electron chi connectivity index (χ4n) is 4.66. The van der Waals surface area contributed by atoms with Crippen LogP contribution in [0.3, 0.4) is 0 Å². The van der Waals surface area contributed by atoms with Gasteiger partial charge < -0.3 is 19.3 Å². The van der Waals surface area contributed by atoms with Crippen LogP contribution in [0.25, 0.3) is 0 Å². The van der Waals surface area contributed by atoms with Crippen molar-refractivity contribution in [2.45, 2.75) is 39.2 Å². The summed E-state index contributed by atoms with van der Waals surface area (Å²) in [6, 6.07) is 17.3. The minimum Gasteiger partial charge on any atom is -0.497 e. The summed E-state index contributed by atoms with van der Waals surface area (Å²) in [5.74, 6) is 3.53. The maximum atomic E-state index is 13.1. The van der Waals surface area contributed by atoms with E-state index in [1.165, 1.54) is 0 Å². The molecule has 1 amide bonds. The Morgan fingerprint density at radius 1 is 0.971 bits per heavy atom. The number of anilines is 1. The highest BCUT2D eigenvalue weighted by Crippen LogP contribution is 2.33. The molecule has 1 saturated heterocycles. The monoisotopic (exact) mass is 472 g/mol. The lowest BCUT2D eigenvalue weighted by Crippen LogP contribution is -2.39. The van der Waals surface area contributed by atoms with Gasteiger partial charge in [0.15, 0.2) is 0 Å². The van der Waals surface area contributed by atoms with Gasteiger partial charge >= 0.3 is 0 Å². The van der Waals surface area contributed by atoms with E-state index in [1.807, 2.05) is 59.5 Å². The Kier molecular flexibility index (Phi) is 6.84. The molecular weight excluding hydrogens is 440 g/mol. The number of hydrogen-bond donors (Lipinski definition) is 0. The van der Waals surface area contributed by atoms with Gasteiger partial charge in [-0.25, -0.2) is 4.98 Å². The number of fused-ring (bicyclic) bond motifs is 1. The van der Waals surface area contributed by atoms with Crippen LogP contribution in [0.1, 0.15) is 36.6 Å². The van der Waals surface area contributed by atoms with Gasteiger partial charge in [-0.1, -0.05) is 37.3 Å². The maximum absolute atomic E-state index is 13.1. The third-order valence-corrected chi connectivity index (χ3v) is 6.90. The second-order valence-electron chi connectivity index (χ2n) is 9.43. The van der Waals surface area contributed by atoms with Gasteiger partial charge in [0, 0.05) is 26.1 Å². The highest BCUT2D eigenvalue weighted by molar-refractivity contribution is 5.79. The third kappa shape index (κ3) is 5.39. The van der Waals surface area contributed by atoms with Crippen LogP contribution in [0.15, 0.2) is 54.6 Å². The van der Waals surface area contributed by atoms with Gasteiger partial charge in [0.05, 0.1) is 31.3 Å². The zero-order valence-electron chi connectivity index (χ0n) is 20.4. The van der Waals surface area contributed by atoms with E-state index in [1.54, 1.807) is 7.11 Å². The van der Waals surface area contributed by atoms with Crippen LogP contribution in [-0.2, 0) is 24.2 Å². The second kappa shape index (κ2) is 10.3. The second-order valence-corrected chi connectivity index (χ2v) is 9.43. The molecule has 0 saturated carbocycles. The van der Waals surface area contributed by atoms with E-state index >= 15 is 0 Å². The number of carbonyl (C=O) groups excluding carboxylic acids is 1. The van der Waals surface area contributed by atoms with Gasteiger partial charge in [0.1, 0.15) is 11.5 Å². The van der Waals surface area contributed by atoms with Crippen LogP contribution in [0.2, 0.25) is 0 Å². The fraction of sp³-hybridized carbons (Fsp3) is 0.393. The topological polar surface area (TPSA) is 67.8 Å². The number of methoxy groups -OCH3 is 1. The first-order valence-corrected chi connectivity index (χ1v) is 12.4. The average molecular weight is 473 g/mol. The molecule has 1 fully saturated rings. The van der Waals surface area contributed by atoms with E-state index in [2.05, 4.69) is 11.8 Å². The Labute approximate surface area is 206 Å². The Balaban J connectivity index is 1.42. The highest BCUT2D eigenvalue weighted by atomic mass is 16.5. The third-order valence-electron chi connectivity index (χ3n) is 6.90. The molecule has 35 heavy (non-hydrogen) atoms. The molecule has 2 aliphatic heterocycles. The van der Waals surface area contributed by atoms with Crippen LogP contribution < -0.4 is 14.4 Å². The largest absolute Gasteiger partial charge is 0.497 e. The van der Waals surface area contributed by atoms with E-state index in [0.717, 1.165) is 60.4 Å². The molecule has 3 heterocycles. The van der Waals surface area contributed by atoms with Crippen LogP contribution >= 0.6 is 0 Å². The number of rotatable bonds is 6. The van der Waals surface area contributed by atoms with Crippen molar-refractivity contribution in [3.05, 3.63) is 71.4 Å². The first-order valence-electron chi connectivity index (χ1n) is 12.4. The van der Waals surface area contributed by atoms with Gasteiger partial charge in [-0.2, -0.15) is 4.98 Å². The van der Waals surface area contributed by atoms with Crippen molar-refractivity contribution < 1.29 is 14.3 Å². The van der Waals surface area contributed by atoms with Crippen molar-refractivity contribution in [2.75, 3.05) is 31.6 Å². The van der Waals surface area contributed by atoms with E-state index in [-0.39, 0.29) is 5.91 Å². The van der Waals surface area contributed by atoms with Crippen LogP contribution in [0.4, 0.5) is 5.95 Å². The molecule has 0 unspecified atom stereocenters. The molecule has 5 rings (SSSR count). The molecule has 3 aromatic rings. The number of carbonyl (C=O) groups is 1.